The van der Waals surface area contributed by atoms with E-state index in [4.69, 9.17) is 4.74 Å². The number of ether oxygens (including phenoxy) is 1. The molecular formula is C15H19N3O. The van der Waals surface area contributed by atoms with E-state index in [1.165, 1.54) is 0 Å². The van der Waals surface area contributed by atoms with Crippen molar-refractivity contribution >= 4 is 16.6 Å². The molecule has 1 aromatic heterocycles. The van der Waals surface area contributed by atoms with Crippen molar-refractivity contribution in [2.75, 3.05) is 18.5 Å². The Labute approximate surface area is 113 Å². The van der Waals surface area contributed by atoms with Crippen molar-refractivity contribution in [3.8, 4) is 0 Å². The SMILES string of the molecule is CC(Nc1cnnc2ccccc12)C1CCOCC1. The summed E-state index contributed by atoms with van der Waals surface area (Å²) in [6.45, 7) is 4.00. The summed E-state index contributed by atoms with van der Waals surface area (Å²) in [6.07, 6.45) is 4.08. The first kappa shape index (κ1) is 12.4. The van der Waals surface area contributed by atoms with E-state index in [2.05, 4.69) is 28.5 Å². The first-order chi connectivity index (χ1) is 9.34. The maximum atomic E-state index is 5.42. The lowest BCUT2D eigenvalue weighted by molar-refractivity contribution is 0.0622. The van der Waals surface area contributed by atoms with Gasteiger partial charge < -0.3 is 10.1 Å². The van der Waals surface area contributed by atoms with Crippen molar-refractivity contribution in [2.45, 2.75) is 25.8 Å². The van der Waals surface area contributed by atoms with Gasteiger partial charge >= 0.3 is 0 Å². The van der Waals surface area contributed by atoms with Crippen LogP contribution in [0.5, 0.6) is 0 Å². The van der Waals surface area contributed by atoms with E-state index in [0.29, 0.717) is 12.0 Å². The van der Waals surface area contributed by atoms with Gasteiger partial charge in [0, 0.05) is 24.6 Å². The summed E-state index contributed by atoms with van der Waals surface area (Å²) < 4.78 is 5.42. The highest BCUT2D eigenvalue weighted by atomic mass is 16.5. The Kier molecular flexibility index (Phi) is 3.60. The average molecular weight is 257 g/mol. The van der Waals surface area contributed by atoms with Gasteiger partial charge in [-0.25, -0.2) is 0 Å². The molecule has 2 aromatic rings. The Hall–Kier alpha value is -1.68. The molecular weight excluding hydrogens is 238 g/mol. The van der Waals surface area contributed by atoms with E-state index >= 15 is 0 Å². The number of rotatable bonds is 3. The number of nitrogens with one attached hydrogen (secondary N) is 1. The molecule has 4 nitrogen and oxygen atoms in total. The Morgan fingerprint density at radius 3 is 2.89 bits per heavy atom. The largest absolute Gasteiger partial charge is 0.381 e. The smallest absolute Gasteiger partial charge is 0.0950 e. The van der Waals surface area contributed by atoms with Crippen LogP contribution in [0.4, 0.5) is 5.69 Å². The molecule has 0 radical (unpaired) electrons. The third kappa shape index (κ3) is 2.68. The van der Waals surface area contributed by atoms with Gasteiger partial charge in [-0.2, -0.15) is 10.2 Å². The van der Waals surface area contributed by atoms with Crippen molar-refractivity contribution < 1.29 is 4.74 Å². The summed E-state index contributed by atoms with van der Waals surface area (Å²) in [5, 5.41) is 13.0. The Balaban J connectivity index is 1.80. The second kappa shape index (κ2) is 5.53. The van der Waals surface area contributed by atoms with Crippen LogP contribution in [0.3, 0.4) is 0 Å². The summed E-state index contributed by atoms with van der Waals surface area (Å²) in [6, 6.07) is 8.53. The first-order valence-electron chi connectivity index (χ1n) is 6.89. The van der Waals surface area contributed by atoms with Crippen molar-refractivity contribution in [1.29, 1.82) is 0 Å². The van der Waals surface area contributed by atoms with Crippen LogP contribution in [0.15, 0.2) is 30.5 Å². The third-order valence-corrected chi connectivity index (χ3v) is 3.90. The van der Waals surface area contributed by atoms with Gasteiger partial charge in [0.25, 0.3) is 0 Å². The molecule has 19 heavy (non-hydrogen) atoms. The molecule has 0 aliphatic carbocycles. The summed E-state index contributed by atoms with van der Waals surface area (Å²) in [7, 11) is 0. The highest BCUT2D eigenvalue weighted by Crippen LogP contribution is 2.25. The molecule has 100 valence electrons. The lowest BCUT2D eigenvalue weighted by Gasteiger charge is -2.29. The number of benzene rings is 1. The van der Waals surface area contributed by atoms with E-state index in [1.54, 1.807) is 0 Å². The summed E-state index contributed by atoms with van der Waals surface area (Å²) in [5.74, 6) is 0.667. The minimum Gasteiger partial charge on any atom is -0.381 e. The van der Waals surface area contributed by atoms with Crippen LogP contribution < -0.4 is 5.32 Å². The molecule has 1 N–H and O–H groups in total. The van der Waals surface area contributed by atoms with Crippen molar-refractivity contribution in [3.63, 3.8) is 0 Å². The Morgan fingerprint density at radius 2 is 2.05 bits per heavy atom. The van der Waals surface area contributed by atoms with Crippen molar-refractivity contribution in [1.82, 2.24) is 10.2 Å². The summed E-state index contributed by atoms with van der Waals surface area (Å²) in [5.41, 5.74) is 2.01. The predicted octanol–water partition coefficient (Wildman–Crippen LogP) is 2.86. The van der Waals surface area contributed by atoms with Crippen LogP contribution in [-0.2, 0) is 4.74 Å². The van der Waals surface area contributed by atoms with Gasteiger partial charge in [-0.1, -0.05) is 18.2 Å². The molecule has 1 unspecified atom stereocenters. The van der Waals surface area contributed by atoms with Gasteiger partial charge in [-0.05, 0) is 31.7 Å². The lowest BCUT2D eigenvalue weighted by Crippen LogP contribution is -2.31. The van der Waals surface area contributed by atoms with E-state index in [1.807, 2.05) is 24.4 Å². The minimum absolute atomic E-state index is 0.427. The van der Waals surface area contributed by atoms with E-state index in [-0.39, 0.29) is 0 Å². The standard InChI is InChI=1S/C15H19N3O/c1-11(12-6-8-19-9-7-12)17-15-10-16-18-14-5-3-2-4-13(14)15/h2-5,10-12H,6-9H2,1H3,(H,17,18). The summed E-state index contributed by atoms with van der Waals surface area (Å²) in [4.78, 5) is 0. The maximum Gasteiger partial charge on any atom is 0.0950 e. The zero-order valence-electron chi connectivity index (χ0n) is 11.2. The van der Waals surface area contributed by atoms with E-state index in [0.717, 1.165) is 42.6 Å². The fourth-order valence-corrected chi connectivity index (χ4v) is 2.70. The van der Waals surface area contributed by atoms with Crippen LogP contribution in [0.1, 0.15) is 19.8 Å². The number of anilines is 1. The molecule has 1 aliphatic rings. The second-order valence-corrected chi connectivity index (χ2v) is 5.16. The zero-order valence-corrected chi connectivity index (χ0v) is 11.2. The number of aromatic nitrogens is 2. The molecule has 1 aromatic carbocycles. The summed E-state index contributed by atoms with van der Waals surface area (Å²) >= 11 is 0. The highest BCUT2D eigenvalue weighted by Gasteiger charge is 2.20. The van der Waals surface area contributed by atoms with Crippen molar-refractivity contribution in [2.24, 2.45) is 5.92 Å². The van der Waals surface area contributed by atoms with Crippen LogP contribution in [0, 0.1) is 5.92 Å². The molecule has 2 heterocycles. The fourth-order valence-electron chi connectivity index (χ4n) is 2.70. The number of hydrogen-bond acceptors (Lipinski definition) is 4. The fraction of sp³-hybridized carbons (Fsp3) is 0.467. The van der Waals surface area contributed by atoms with Gasteiger partial charge in [0.15, 0.2) is 0 Å². The van der Waals surface area contributed by atoms with Crippen LogP contribution >= 0.6 is 0 Å². The maximum absolute atomic E-state index is 5.42. The molecule has 4 heteroatoms. The Bertz CT molecular complexity index is 547. The third-order valence-electron chi connectivity index (χ3n) is 3.90. The molecule has 1 atom stereocenters. The van der Waals surface area contributed by atoms with Gasteiger partial charge in [-0.3, -0.25) is 0 Å². The molecule has 1 fully saturated rings. The number of nitrogens with zero attached hydrogens (tertiary/aromatic N) is 2. The topological polar surface area (TPSA) is 47.0 Å². The van der Waals surface area contributed by atoms with Gasteiger partial charge in [0.1, 0.15) is 0 Å². The highest BCUT2D eigenvalue weighted by molar-refractivity contribution is 5.90. The number of hydrogen-bond donors (Lipinski definition) is 1. The van der Waals surface area contributed by atoms with Gasteiger partial charge in [0.05, 0.1) is 17.4 Å². The molecule has 1 aliphatic heterocycles. The van der Waals surface area contributed by atoms with Crippen LogP contribution in [0.25, 0.3) is 10.9 Å². The molecule has 1 saturated heterocycles. The predicted molar refractivity (Wildman–Crippen MR) is 76.2 cm³/mol. The molecule has 0 saturated carbocycles. The first-order valence-corrected chi connectivity index (χ1v) is 6.89. The van der Waals surface area contributed by atoms with Crippen molar-refractivity contribution in [3.05, 3.63) is 30.5 Å². The monoisotopic (exact) mass is 257 g/mol. The van der Waals surface area contributed by atoms with Crippen LogP contribution in [0.2, 0.25) is 0 Å². The van der Waals surface area contributed by atoms with Gasteiger partial charge in [-0.15, -0.1) is 0 Å². The zero-order chi connectivity index (χ0) is 13.1. The second-order valence-electron chi connectivity index (χ2n) is 5.16. The van der Waals surface area contributed by atoms with E-state index in [9.17, 15) is 0 Å². The lowest BCUT2D eigenvalue weighted by atomic mass is 9.93. The Morgan fingerprint density at radius 1 is 1.26 bits per heavy atom. The molecule has 3 rings (SSSR count). The molecule has 0 bridgehead atoms. The molecule has 0 spiro atoms. The minimum atomic E-state index is 0.427. The van der Waals surface area contributed by atoms with Crippen LogP contribution in [-0.4, -0.2) is 29.5 Å². The normalized spacial score (nSPS) is 18.4. The van der Waals surface area contributed by atoms with Gasteiger partial charge in [0.2, 0.25) is 0 Å². The average Bonchev–Trinajstić information content (AvgIpc) is 2.48. The van der Waals surface area contributed by atoms with E-state index < -0.39 is 0 Å². The molecule has 0 amide bonds. The quantitative estimate of drug-likeness (QED) is 0.918. The number of fused-ring (bicyclic) bond motifs is 1.